The Bertz CT molecular complexity index is 955. The maximum absolute atomic E-state index is 12.7. The van der Waals surface area contributed by atoms with Gasteiger partial charge in [-0.2, -0.15) is 0 Å². The normalized spacial score (nSPS) is 14.9. The van der Waals surface area contributed by atoms with Crippen molar-refractivity contribution in [3.63, 3.8) is 0 Å². The Morgan fingerprint density at radius 2 is 1.85 bits per heavy atom. The maximum Gasteiger partial charge on any atom is 0.315 e. The van der Waals surface area contributed by atoms with Gasteiger partial charge in [-0.05, 0) is 35.4 Å². The number of carbonyl (C=O) groups is 1. The summed E-state index contributed by atoms with van der Waals surface area (Å²) in [6.07, 6.45) is 1.73. The van der Waals surface area contributed by atoms with Crippen molar-refractivity contribution in [2.24, 2.45) is 0 Å². The number of carbonyl (C=O) groups excluding carboxylic acids is 1. The predicted molar refractivity (Wildman–Crippen MR) is 127 cm³/mol. The van der Waals surface area contributed by atoms with Crippen LogP contribution in [0.5, 0.6) is 5.75 Å². The Morgan fingerprint density at radius 3 is 2.64 bits per heavy atom. The molecule has 2 amide bonds. The van der Waals surface area contributed by atoms with Crippen molar-refractivity contribution in [1.82, 2.24) is 20.5 Å². The second-order valence-electron chi connectivity index (χ2n) is 7.88. The topological polar surface area (TPSA) is 75.7 Å². The molecule has 0 spiro atoms. The van der Waals surface area contributed by atoms with E-state index >= 15 is 0 Å². The molecule has 2 heterocycles. The summed E-state index contributed by atoms with van der Waals surface area (Å²) in [7, 11) is 0. The van der Waals surface area contributed by atoms with Gasteiger partial charge in [0.25, 0.3) is 0 Å². The van der Waals surface area contributed by atoms with Gasteiger partial charge in [-0.3, -0.25) is 9.88 Å². The molecule has 1 aliphatic heterocycles. The number of hydrogen-bond donors (Lipinski definition) is 2. The summed E-state index contributed by atoms with van der Waals surface area (Å²) in [5, 5.41) is 5.99. The molecular formula is C26H30N4O3. The zero-order chi connectivity index (χ0) is 22.7. The molecule has 172 valence electrons. The molecule has 1 aromatic heterocycles. The average molecular weight is 447 g/mol. The van der Waals surface area contributed by atoms with Gasteiger partial charge in [-0.25, -0.2) is 4.79 Å². The van der Waals surface area contributed by atoms with E-state index in [2.05, 4.69) is 20.5 Å². The van der Waals surface area contributed by atoms with Crippen molar-refractivity contribution in [3.05, 3.63) is 95.8 Å². The first-order chi connectivity index (χ1) is 16.3. The van der Waals surface area contributed by atoms with E-state index in [9.17, 15) is 4.79 Å². The summed E-state index contributed by atoms with van der Waals surface area (Å²) in [5.41, 5.74) is 2.74. The van der Waals surface area contributed by atoms with Crippen LogP contribution in [-0.4, -0.2) is 55.4 Å². The standard InChI is InChI=1S/C26H30N4O3/c31-26(29-25(22-8-2-1-3-9-22)24-11-4-5-12-27-24)28-20-21-7-6-10-23(19-21)33-18-15-30-13-16-32-17-14-30/h1-12,19,25H,13-18,20H2,(H2,28,29,31). The molecule has 0 aliphatic carbocycles. The van der Waals surface area contributed by atoms with Gasteiger partial charge in [-0.1, -0.05) is 48.5 Å². The molecule has 3 aromatic rings. The van der Waals surface area contributed by atoms with Crippen molar-refractivity contribution in [2.75, 3.05) is 39.5 Å². The van der Waals surface area contributed by atoms with Crippen LogP contribution in [0.25, 0.3) is 0 Å². The highest BCUT2D eigenvalue weighted by Gasteiger charge is 2.17. The fraction of sp³-hybridized carbons (Fsp3) is 0.308. The minimum absolute atomic E-state index is 0.256. The monoisotopic (exact) mass is 446 g/mol. The summed E-state index contributed by atoms with van der Waals surface area (Å²) in [5.74, 6) is 0.804. The lowest BCUT2D eigenvalue weighted by atomic mass is 10.0. The van der Waals surface area contributed by atoms with Gasteiger partial charge in [0.15, 0.2) is 0 Å². The smallest absolute Gasteiger partial charge is 0.315 e. The minimum Gasteiger partial charge on any atom is -0.492 e. The lowest BCUT2D eigenvalue weighted by Gasteiger charge is -2.26. The van der Waals surface area contributed by atoms with E-state index in [0.29, 0.717) is 13.2 Å². The number of nitrogens with zero attached hydrogens (tertiary/aromatic N) is 2. The van der Waals surface area contributed by atoms with E-state index in [-0.39, 0.29) is 12.1 Å². The molecule has 0 radical (unpaired) electrons. The highest BCUT2D eigenvalue weighted by Crippen LogP contribution is 2.20. The number of nitrogens with one attached hydrogen (secondary N) is 2. The molecule has 33 heavy (non-hydrogen) atoms. The van der Waals surface area contributed by atoms with Gasteiger partial charge in [0.05, 0.1) is 24.9 Å². The number of ether oxygens (including phenoxy) is 2. The summed E-state index contributed by atoms with van der Waals surface area (Å²) in [6, 6.07) is 22.8. The van der Waals surface area contributed by atoms with Gasteiger partial charge < -0.3 is 20.1 Å². The molecule has 7 nitrogen and oxygen atoms in total. The van der Waals surface area contributed by atoms with E-state index in [0.717, 1.165) is 55.4 Å². The fourth-order valence-electron chi connectivity index (χ4n) is 3.75. The van der Waals surface area contributed by atoms with Crippen LogP contribution in [0.1, 0.15) is 22.9 Å². The average Bonchev–Trinajstić information content (AvgIpc) is 2.88. The number of morpholine rings is 1. The lowest BCUT2D eigenvalue weighted by Crippen LogP contribution is -2.38. The first kappa shape index (κ1) is 22.8. The van der Waals surface area contributed by atoms with Gasteiger partial charge >= 0.3 is 6.03 Å². The second-order valence-corrected chi connectivity index (χ2v) is 7.88. The third-order valence-electron chi connectivity index (χ3n) is 5.52. The SMILES string of the molecule is O=C(NCc1cccc(OCCN2CCOCC2)c1)NC(c1ccccc1)c1ccccn1. The van der Waals surface area contributed by atoms with Crippen molar-refractivity contribution in [1.29, 1.82) is 0 Å². The molecule has 1 atom stereocenters. The summed E-state index contributed by atoms with van der Waals surface area (Å²) in [6.45, 7) is 5.37. The third-order valence-corrected chi connectivity index (χ3v) is 5.52. The summed E-state index contributed by atoms with van der Waals surface area (Å²) in [4.78, 5) is 19.5. The molecular weight excluding hydrogens is 416 g/mol. The number of hydrogen-bond acceptors (Lipinski definition) is 5. The fourth-order valence-corrected chi connectivity index (χ4v) is 3.75. The number of pyridine rings is 1. The number of amides is 2. The Labute approximate surface area is 194 Å². The number of aromatic nitrogens is 1. The molecule has 1 unspecified atom stereocenters. The summed E-state index contributed by atoms with van der Waals surface area (Å²) >= 11 is 0. The Balaban J connectivity index is 1.30. The van der Waals surface area contributed by atoms with E-state index in [1.807, 2.05) is 72.8 Å². The molecule has 4 rings (SSSR count). The van der Waals surface area contributed by atoms with E-state index in [1.165, 1.54) is 0 Å². The molecule has 7 heteroatoms. The first-order valence-corrected chi connectivity index (χ1v) is 11.3. The van der Waals surface area contributed by atoms with Crippen LogP contribution < -0.4 is 15.4 Å². The number of benzene rings is 2. The molecule has 1 saturated heterocycles. The van der Waals surface area contributed by atoms with Crippen LogP contribution in [0, 0.1) is 0 Å². The van der Waals surface area contributed by atoms with Crippen LogP contribution in [0.4, 0.5) is 4.79 Å². The first-order valence-electron chi connectivity index (χ1n) is 11.3. The van der Waals surface area contributed by atoms with Crippen LogP contribution in [-0.2, 0) is 11.3 Å². The third kappa shape index (κ3) is 7.03. The highest BCUT2D eigenvalue weighted by atomic mass is 16.5. The molecule has 0 saturated carbocycles. The van der Waals surface area contributed by atoms with E-state index in [4.69, 9.17) is 9.47 Å². The van der Waals surface area contributed by atoms with Crippen LogP contribution >= 0.6 is 0 Å². The predicted octanol–water partition coefficient (Wildman–Crippen LogP) is 3.38. The van der Waals surface area contributed by atoms with Gasteiger partial charge in [-0.15, -0.1) is 0 Å². The minimum atomic E-state index is -0.331. The Hall–Kier alpha value is -3.42. The summed E-state index contributed by atoms with van der Waals surface area (Å²) < 4.78 is 11.3. The Morgan fingerprint density at radius 1 is 1.03 bits per heavy atom. The van der Waals surface area contributed by atoms with E-state index in [1.54, 1.807) is 6.20 Å². The molecule has 2 aromatic carbocycles. The van der Waals surface area contributed by atoms with E-state index < -0.39 is 0 Å². The van der Waals surface area contributed by atoms with Gasteiger partial charge in [0.1, 0.15) is 12.4 Å². The van der Waals surface area contributed by atoms with Crippen LogP contribution in [0.15, 0.2) is 79.0 Å². The zero-order valence-corrected chi connectivity index (χ0v) is 18.7. The highest BCUT2D eigenvalue weighted by molar-refractivity contribution is 5.75. The number of rotatable bonds is 9. The number of urea groups is 1. The lowest BCUT2D eigenvalue weighted by molar-refractivity contribution is 0.0322. The molecule has 0 bridgehead atoms. The van der Waals surface area contributed by atoms with Crippen molar-refractivity contribution in [3.8, 4) is 5.75 Å². The largest absolute Gasteiger partial charge is 0.492 e. The molecule has 1 fully saturated rings. The van der Waals surface area contributed by atoms with Gasteiger partial charge in [0.2, 0.25) is 0 Å². The molecule has 2 N–H and O–H groups in total. The van der Waals surface area contributed by atoms with Crippen molar-refractivity contribution in [2.45, 2.75) is 12.6 Å². The van der Waals surface area contributed by atoms with Crippen molar-refractivity contribution >= 4 is 6.03 Å². The second kappa shape index (κ2) is 12.0. The van der Waals surface area contributed by atoms with Crippen LogP contribution in [0.3, 0.4) is 0 Å². The Kier molecular flexibility index (Phi) is 8.27. The van der Waals surface area contributed by atoms with Gasteiger partial charge in [0, 0.05) is 32.4 Å². The molecule has 1 aliphatic rings. The van der Waals surface area contributed by atoms with Crippen molar-refractivity contribution < 1.29 is 14.3 Å². The maximum atomic E-state index is 12.7. The zero-order valence-electron chi connectivity index (χ0n) is 18.7. The quantitative estimate of drug-likeness (QED) is 0.527. The van der Waals surface area contributed by atoms with Crippen LogP contribution in [0.2, 0.25) is 0 Å².